The molecule has 75 heavy (non-hydrogen) atoms. The lowest BCUT2D eigenvalue weighted by Gasteiger charge is -2.31. The maximum absolute atomic E-state index is 13.9. The fraction of sp³-hybridized carbons (Fsp3) is 0.392. The molecule has 0 spiro atoms. The molecule has 2 aromatic carbocycles. The van der Waals surface area contributed by atoms with Crippen molar-refractivity contribution in [1.82, 2.24) is 35.7 Å². The number of nitrogens with zero attached hydrogens (tertiary/aromatic N) is 3. The van der Waals surface area contributed by atoms with Gasteiger partial charge in [-0.3, -0.25) is 43.3 Å². The standard InChI is InChI=1S/C51H54N8O16/c1-5-51(71)33-18-37-44-31(21-59(37)48(68)32(33)23-72-49(51)69)30(29-17-38-39(75-24-74-38)19-35(29)56-44)20-52-50(70)73-22-27-6-8-28(9-7-27)54-46(66)34(10-13-43(63)64)57-45(65)26(4)53-47(67)36(16-25(2)3)55-40(60)14-15-58-41(61)11-12-42(58)62/h6-9,11-12,17-19,25-26,34,36,71H,5,10,13-16,20-24H2,1-4H3,(H,52,70)(H,53,67)(H,54,66)(H,55,60)(H,57,65)(H,63,64)/t26-,34-,36+,51-/m0/s1. The van der Waals surface area contributed by atoms with Crippen LogP contribution in [0, 0.1) is 5.92 Å². The summed E-state index contributed by atoms with van der Waals surface area (Å²) in [5.74, 6) is -5.28. The Morgan fingerprint density at radius 1 is 0.840 bits per heavy atom. The summed E-state index contributed by atoms with van der Waals surface area (Å²) in [4.78, 5) is 134. The van der Waals surface area contributed by atoms with Crippen molar-refractivity contribution >= 4 is 70.1 Å². The van der Waals surface area contributed by atoms with Gasteiger partial charge in [0.05, 0.1) is 29.0 Å². The molecule has 0 saturated carbocycles. The van der Waals surface area contributed by atoms with Gasteiger partial charge in [-0.1, -0.05) is 32.9 Å². The molecule has 394 valence electrons. The van der Waals surface area contributed by atoms with Crippen LogP contribution in [0.1, 0.15) is 87.6 Å². The Labute approximate surface area is 427 Å². The number of aliphatic carboxylic acids is 1. The van der Waals surface area contributed by atoms with E-state index in [-0.39, 0.29) is 88.1 Å². The molecule has 2 aromatic heterocycles. The molecule has 4 aliphatic rings. The third-order valence-corrected chi connectivity index (χ3v) is 13.2. The average molecular weight is 1040 g/mol. The van der Waals surface area contributed by atoms with Gasteiger partial charge in [-0.25, -0.2) is 14.6 Å². The minimum absolute atomic E-state index is 0.00827. The van der Waals surface area contributed by atoms with Gasteiger partial charge in [-0.15, -0.1) is 0 Å². The van der Waals surface area contributed by atoms with E-state index in [9.17, 15) is 58.2 Å². The summed E-state index contributed by atoms with van der Waals surface area (Å²) in [5.41, 5.74) is 1.04. The van der Waals surface area contributed by atoms with Crippen molar-refractivity contribution in [2.45, 2.75) is 110 Å². The van der Waals surface area contributed by atoms with Crippen LogP contribution in [0.4, 0.5) is 10.5 Å². The highest BCUT2D eigenvalue weighted by Gasteiger charge is 2.46. The van der Waals surface area contributed by atoms with Crippen molar-refractivity contribution in [3.8, 4) is 22.9 Å². The molecule has 24 nitrogen and oxygen atoms in total. The molecule has 0 bridgehead atoms. The third-order valence-electron chi connectivity index (χ3n) is 13.2. The summed E-state index contributed by atoms with van der Waals surface area (Å²) >= 11 is 0. The van der Waals surface area contributed by atoms with Crippen LogP contribution < -0.4 is 41.6 Å². The van der Waals surface area contributed by atoms with Gasteiger partial charge >= 0.3 is 18.0 Å². The predicted octanol–water partition coefficient (Wildman–Crippen LogP) is 1.87. The molecule has 7 N–H and O–H groups in total. The number of alkyl carbamates (subject to hydrolysis) is 1. The Morgan fingerprint density at radius 2 is 1.55 bits per heavy atom. The lowest BCUT2D eigenvalue weighted by atomic mass is 9.86. The lowest BCUT2D eigenvalue weighted by Crippen LogP contribution is -2.55. The number of aromatic nitrogens is 2. The Bertz CT molecular complexity index is 3110. The smallest absolute Gasteiger partial charge is 0.407 e. The Balaban J connectivity index is 0.878. The van der Waals surface area contributed by atoms with Crippen molar-refractivity contribution in [2.75, 3.05) is 18.7 Å². The number of carboxylic acid groups (broad SMARTS) is 1. The molecule has 6 heterocycles. The highest BCUT2D eigenvalue weighted by molar-refractivity contribution is 6.13. The van der Waals surface area contributed by atoms with Gasteiger partial charge in [-0.05, 0) is 67.5 Å². The number of carbonyl (C=O) groups excluding carboxylic acids is 8. The molecule has 4 aliphatic heterocycles. The van der Waals surface area contributed by atoms with Crippen LogP contribution in [-0.4, -0.2) is 110 Å². The summed E-state index contributed by atoms with van der Waals surface area (Å²) in [6.07, 6.45) is 0.453. The Kier molecular flexibility index (Phi) is 15.3. The fourth-order valence-electron chi connectivity index (χ4n) is 9.08. The summed E-state index contributed by atoms with van der Waals surface area (Å²) in [7, 11) is 0. The second kappa shape index (κ2) is 21.8. The molecule has 8 rings (SSSR count). The number of hydrogen-bond donors (Lipinski definition) is 7. The molecule has 24 heteroatoms. The highest BCUT2D eigenvalue weighted by atomic mass is 16.7. The van der Waals surface area contributed by atoms with E-state index in [2.05, 4.69) is 26.6 Å². The van der Waals surface area contributed by atoms with Gasteiger partial charge in [0.15, 0.2) is 17.1 Å². The zero-order chi connectivity index (χ0) is 53.9. The SMILES string of the molecule is CC[C@@]1(O)C(=O)OCc2c1cc1n(c2=O)Cc2c-1nc1cc3c(cc1c2CNC(=O)OCc1ccc(NC(=O)[C@H](CCC(=O)O)NC(=O)[C@H](C)NC(=O)[C@@H](CC(C)C)NC(=O)CCN2C(=O)C=CC2=O)cc1)OCO3. The second-order valence-corrected chi connectivity index (χ2v) is 18.7. The minimum atomic E-state index is -2.03. The van der Waals surface area contributed by atoms with Crippen molar-refractivity contribution < 1.29 is 72.3 Å². The molecule has 0 unspecified atom stereocenters. The van der Waals surface area contributed by atoms with E-state index in [1.54, 1.807) is 37.3 Å². The number of rotatable bonds is 20. The average Bonchev–Trinajstić information content (AvgIpc) is 4.09. The normalized spacial score (nSPS) is 17.1. The zero-order valence-electron chi connectivity index (χ0n) is 41.2. The van der Waals surface area contributed by atoms with Gasteiger partial charge in [0.1, 0.15) is 31.3 Å². The maximum Gasteiger partial charge on any atom is 0.407 e. The Morgan fingerprint density at radius 3 is 2.23 bits per heavy atom. The van der Waals surface area contributed by atoms with Crippen LogP contribution in [0.3, 0.4) is 0 Å². The quantitative estimate of drug-likeness (QED) is 0.0432. The van der Waals surface area contributed by atoms with E-state index in [1.807, 2.05) is 13.8 Å². The van der Waals surface area contributed by atoms with E-state index >= 15 is 0 Å². The third kappa shape index (κ3) is 11.3. The summed E-state index contributed by atoms with van der Waals surface area (Å²) in [5, 5.41) is 34.4. The molecule has 0 radical (unpaired) electrons. The maximum atomic E-state index is 13.9. The van der Waals surface area contributed by atoms with Crippen LogP contribution in [0.5, 0.6) is 11.5 Å². The monoisotopic (exact) mass is 1030 g/mol. The fourth-order valence-corrected chi connectivity index (χ4v) is 9.08. The van der Waals surface area contributed by atoms with E-state index in [4.69, 9.17) is 23.9 Å². The number of ether oxygens (including phenoxy) is 4. The number of esters is 1. The molecule has 4 aromatic rings. The minimum Gasteiger partial charge on any atom is -0.481 e. The molecular formula is C51H54N8O16. The van der Waals surface area contributed by atoms with Crippen LogP contribution in [0.15, 0.2) is 59.4 Å². The topological polar surface area (TPSA) is 329 Å². The highest BCUT2D eigenvalue weighted by Crippen LogP contribution is 2.43. The first-order chi connectivity index (χ1) is 35.7. The van der Waals surface area contributed by atoms with Crippen LogP contribution in [0.25, 0.3) is 22.3 Å². The number of amides is 7. The van der Waals surface area contributed by atoms with Gasteiger partial charge in [0.2, 0.25) is 30.4 Å². The van der Waals surface area contributed by atoms with Crippen molar-refractivity contribution in [3.05, 3.63) is 92.8 Å². The second-order valence-electron chi connectivity index (χ2n) is 18.7. The van der Waals surface area contributed by atoms with Crippen LogP contribution >= 0.6 is 0 Å². The van der Waals surface area contributed by atoms with Gasteiger partial charge in [-0.2, -0.15) is 0 Å². The number of benzene rings is 2. The molecule has 0 saturated heterocycles. The number of cyclic esters (lactones) is 1. The number of anilines is 1. The summed E-state index contributed by atoms with van der Waals surface area (Å²) < 4.78 is 23.5. The first kappa shape index (κ1) is 52.6. The van der Waals surface area contributed by atoms with E-state index in [0.717, 1.165) is 17.1 Å². The van der Waals surface area contributed by atoms with Crippen LogP contribution in [-0.2, 0) is 79.7 Å². The molecule has 7 amide bonds. The molecule has 4 atom stereocenters. The molecule has 0 fully saturated rings. The van der Waals surface area contributed by atoms with Crippen molar-refractivity contribution in [2.24, 2.45) is 5.92 Å². The number of carbonyl (C=O) groups is 9. The summed E-state index contributed by atoms with van der Waals surface area (Å²) in [6, 6.07) is 7.46. The molecular weight excluding hydrogens is 981 g/mol. The van der Waals surface area contributed by atoms with Crippen LogP contribution in [0.2, 0.25) is 0 Å². The number of carboxylic acids is 1. The first-order valence-electron chi connectivity index (χ1n) is 24.1. The van der Waals surface area contributed by atoms with E-state index in [1.165, 1.54) is 23.6 Å². The van der Waals surface area contributed by atoms with E-state index < -0.39 is 89.2 Å². The van der Waals surface area contributed by atoms with Crippen molar-refractivity contribution in [3.63, 3.8) is 0 Å². The number of fused-ring (bicyclic) bond motifs is 6. The number of aliphatic hydroxyl groups is 1. The Hall–Kier alpha value is -8.67. The number of hydrogen-bond acceptors (Lipinski definition) is 16. The number of pyridine rings is 2. The predicted molar refractivity (Wildman–Crippen MR) is 261 cm³/mol. The van der Waals surface area contributed by atoms with Crippen molar-refractivity contribution in [1.29, 1.82) is 0 Å². The van der Waals surface area contributed by atoms with Gasteiger partial charge in [0, 0.05) is 66.4 Å². The first-order valence-corrected chi connectivity index (χ1v) is 24.1. The number of imide groups is 1. The van der Waals surface area contributed by atoms with E-state index in [0.29, 0.717) is 50.5 Å². The number of nitrogens with one attached hydrogen (secondary N) is 5. The van der Waals surface area contributed by atoms with Gasteiger partial charge in [0.25, 0.3) is 17.4 Å². The summed E-state index contributed by atoms with van der Waals surface area (Å²) in [6.45, 7) is 5.85. The lowest BCUT2D eigenvalue weighted by molar-refractivity contribution is -0.172. The zero-order valence-corrected chi connectivity index (χ0v) is 41.2. The largest absolute Gasteiger partial charge is 0.481 e. The van der Waals surface area contributed by atoms with Gasteiger partial charge < -0.3 is 60.3 Å². The molecule has 0 aliphatic carbocycles.